The highest BCUT2D eigenvalue weighted by atomic mass is 32.2. The Labute approximate surface area is 166 Å². The second kappa shape index (κ2) is 10.7. The Kier molecular flexibility index (Phi) is 8.57. The van der Waals surface area contributed by atoms with E-state index < -0.39 is 4.92 Å². The third kappa shape index (κ3) is 6.81. The first-order valence-corrected chi connectivity index (χ1v) is 10.8. The summed E-state index contributed by atoms with van der Waals surface area (Å²) in [7, 11) is 0. The molecule has 0 radical (unpaired) electrons. The molecule has 2 rings (SSSR count). The highest BCUT2D eigenvalue weighted by Crippen LogP contribution is 2.31. The number of hydrogen-bond acceptors (Lipinski definition) is 5. The van der Waals surface area contributed by atoms with Gasteiger partial charge in [-0.2, -0.15) is 0 Å². The second-order valence-electron chi connectivity index (χ2n) is 7.56. The van der Waals surface area contributed by atoms with Crippen LogP contribution in [0.1, 0.15) is 56.8 Å². The lowest BCUT2D eigenvalue weighted by atomic mass is 10.0. The molecule has 1 saturated heterocycles. The summed E-state index contributed by atoms with van der Waals surface area (Å²) < 4.78 is 0. The van der Waals surface area contributed by atoms with E-state index in [-0.39, 0.29) is 17.6 Å². The minimum Gasteiger partial charge on any atom is -0.349 e. The molecule has 6 nitrogen and oxygen atoms in total. The number of thioether (sulfide) groups is 1. The maximum absolute atomic E-state index is 12.6. The maximum Gasteiger partial charge on any atom is 0.283 e. The molecule has 1 aliphatic heterocycles. The van der Waals surface area contributed by atoms with Crippen LogP contribution in [0.25, 0.3) is 0 Å². The number of carbonyl (C=O) groups is 1. The minimum atomic E-state index is -0.391. The Morgan fingerprint density at radius 2 is 2.07 bits per heavy atom. The molecule has 27 heavy (non-hydrogen) atoms. The number of amides is 1. The maximum atomic E-state index is 12.6. The number of nitro groups is 1. The van der Waals surface area contributed by atoms with Crippen molar-refractivity contribution in [2.24, 2.45) is 5.92 Å². The van der Waals surface area contributed by atoms with Crippen LogP contribution in [0.15, 0.2) is 23.1 Å². The summed E-state index contributed by atoms with van der Waals surface area (Å²) in [6.07, 6.45) is 4.00. The van der Waals surface area contributed by atoms with E-state index in [1.54, 1.807) is 12.1 Å². The van der Waals surface area contributed by atoms with Crippen LogP contribution in [0.5, 0.6) is 0 Å². The lowest BCUT2D eigenvalue weighted by Gasteiger charge is -2.32. The van der Waals surface area contributed by atoms with Crippen molar-refractivity contribution < 1.29 is 9.72 Å². The van der Waals surface area contributed by atoms with Gasteiger partial charge in [-0.3, -0.25) is 14.9 Å². The molecule has 0 saturated carbocycles. The smallest absolute Gasteiger partial charge is 0.283 e. The van der Waals surface area contributed by atoms with Crippen LogP contribution in [-0.4, -0.2) is 47.2 Å². The third-order valence-electron chi connectivity index (χ3n) is 4.83. The molecule has 1 amide bonds. The molecule has 150 valence electrons. The Bertz CT molecular complexity index is 643. The van der Waals surface area contributed by atoms with Gasteiger partial charge in [-0.25, -0.2) is 0 Å². The van der Waals surface area contributed by atoms with Gasteiger partial charge in [0.05, 0.1) is 9.82 Å². The van der Waals surface area contributed by atoms with Crippen molar-refractivity contribution >= 4 is 23.4 Å². The van der Waals surface area contributed by atoms with Crippen LogP contribution in [0.3, 0.4) is 0 Å². The van der Waals surface area contributed by atoms with Crippen LogP contribution in [-0.2, 0) is 0 Å². The quantitative estimate of drug-likeness (QED) is 0.384. The minimum absolute atomic E-state index is 0.0224. The highest BCUT2D eigenvalue weighted by Gasteiger charge is 2.22. The molecule has 1 fully saturated rings. The molecule has 0 aromatic heterocycles. The standard InChI is InChI=1S/C20H31N3O3S/c1-4-10-22-11-7-17(8-12-22)21-20(24)16-5-6-19(18(14-16)23(25)26)27-13-9-15(2)3/h5-6,14-15,17H,4,7-13H2,1-3H3,(H,21,24). The fourth-order valence-electron chi connectivity index (χ4n) is 3.21. The summed E-state index contributed by atoms with van der Waals surface area (Å²) in [6.45, 7) is 9.52. The first-order chi connectivity index (χ1) is 12.9. The lowest BCUT2D eigenvalue weighted by Crippen LogP contribution is -2.44. The molecular weight excluding hydrogens is 362 g/mol. The zero-order valence-corrected chi connectivity index (χ0v) is 17.4. The number of nitro benzene ring substituents is 1. The number of hydrogen-bond donors (Lipinski definition) is 1. The number of nitrogens with one attached hydrogen (secondary N) is 1. The molecule has 1 aliphatic rings. The molecule has 1 aromatic carbocycles. The molecule has 0 atom stereocenters. The van der Waals surface area contributed by atoms with Crippen LogP contribution < -0.4 is 5.32 Å². The predicted octanol–water partition coefficient (Wildman–Crippen LogP) is 4.34. The van der Waals surface area contributed by atoms with Crippen LogP contribution in [0, 0.1) is 16.0 Å². The van der Waals surface area contributed by atoms with Crippen LogP contribution in [0.4, 0.5) is 5.69 Å². The molecule has 1 heterocycles. The zero-order valence-electron chi connectivity index (χ0n) is 16.6. The van der Waals surface area contributed by atoms with E-state index in [1.807, 2.05) is 0 Å². The van der Waals surface area contributed by atoms with Crippen molar-refractivity contribution in [3.8, 4) is 0 Å². The van der Waals surface area contributed by atoms with Gasteiger partial charge in [0, 0.05) is 30.8 Å². The fourth-order valence-corrected chi connectivity index (χ4v) is 4.47. The van der Waals surface area contributed by atoms with Crippen molar-refractivity contribution in [2.75, 3.05) is 25.4 Å². The van der Waals surface area contributed by atoms with E-state index in [1.165, 1.54) is 17.8 Å². The SMILES string of the molecule is CCCN1CCC(NC(=O)c2ccc(SCCC(C)C)c([N+](=O)[O-])c2)CC1. The Morgan fingerprint density at radius 3 is 2.67 bits per heavy atom. The second-order valence-corrected chi connectivity index (χ2v) is 8.70. The Morgan fingerprint density at radius 1 is 1.37 bits per heavy atom. The Balaban J connectivity index is 1.98. The summed E-state index contributed by atoms with van der Waals surface area (Å²) in [6, 6.07) is 4.97. The van der Waals surface area contributed by atoms with Crippen molar-refractivity contribution in [2.45, 2.75) is 57.4 Å². The highest BCUT2D eigenvalue weighted by molar-refractivity contribution is 7.99. The van der Waals surface area contributed by atoms with E-state index in [0.29, 0.717) is 16.4 Å². The molecular formula is C20H31N3O3S. The normalized spacial score (nSPS) is 15.9. The van der Waals surface area contributed by atoms with E-state index in [4.69, 9.17) is 0 Å². The summed E-state index contributed by atoms with van der Waals surface area (Å²) in [4.78, 5) is 26.6. The molecule has 1 N–H and O–H groups in total. The first kappa shape index (κ1) is 21.7. The molecule has 0 aliphatic carbocycles. The van der Waals surface area contributed by atoms with Gasteiger partial charge in [-0.15, -0.1) is 11.8 Å². The van der Waals surface area contributed by atoms with Crippen molar-refractivity contribution in [3.05, 3.63) is 33.9 Å². The number of piperidine rings is 1. The van der Waals surface area contributed by atoms with E-state index >= 15 is 0 Å². The summed E-state index contributed by atoms with van der Waals surface area (Å²) >= 11 is 1.49. The number of carbonyl (C=O) groups excluding carboxylic acids is 1. The van der Waals surface area contributed by atoms with E-state index in [9.17, 15) is 14.9 Å². The monoisotopic (exact) mass is 393 g/mol. The van der Waals surface area contributed by atoms with Crippen molar-refractivity contribution in [1.82, 2.24) is 10.2 Å². The summed E-state index contributed by atoms with van der Waals surface area (Å²) in [5.41, 5.74) is 0.389. The van der Waals surface area contributed by atoms with Gasteiger partial charge in [-0.05, 0) is 56.0 Å². The number of nitrogens with zero attached hydrogens (tertiary/aromatic N) is 2. The first-order valence-electron chi connectivity index (χ1n) is 9.85. The number of benzene rings is 1. The Hall–Kier alpha value is -1.60. The third-order valence-corrected chi connectivity index (χ3v) is 5.93. The van der Waals surface area contributed by atoms with Gasteiger partial charge in [0.25, 0.3) is 11.6 Å². The summed E-state index contributed by atoms with van der Waals surface area (Å²) in [5, 5.41) is 14.5. The number of likely N-dealkylation sites (tertiary alicyclic amines) is 1. The topological polar surface area (TPSA) is 75.5 Å². The van der Waals surface area contributed by atoms with Gasteiger partial charge in [-0.1, -0.05) is 20.8 Å². The van der Waals surface area contributed by atoms with Crippen molar-refractivity contribution in [1.29, 1.82) is 0 Å². The molecule has 0 bridgehead atoms. The number of rotatable bonds is 9. The largest absolute Gasteiger partial charge is 0.349 e. The zero-order chi connectivity index (χ0) is 19.8. The molecule has 0 spiro atoms. The summed E-state index contributed by atoms with van der Waals surface area (Å²) in [5.74, 6) is 1.18. The average Bonchev–Trinajstić information content (AvgIpc) is 2.63. The van der Waals surface area contributed by atoms with Crippen molar-refractivity contribution in [3.63, 3.8) is 0 Å². The van der Waals surface area contributed by atoms with E-state index in [0.717, 1.165) is 51.1 Å². The van der Waals surface area contributed by atoms with Gasteiger partial charge in [0.2, 0.25) is 0 Å². The van der Waals surface area contributed by atoms with Gasteiger partial charge >= 0.3 is 0 Å². The van der Waals surface area contributed by atoms with Crippen LogP contribution in [0.2, 0.25) is 0 Å². The van der Waals surface area contributed by atoms with E-state index in [2.05, 4.69) is 31.0 Å². The molecule has 0 unspecified atom stereocenters. The lowest BCUT2D eigenvalue weighted by molar-refractivity contribution is -0.387. The fraction of sp³-hybridized carbons (Fsp3) is 0.650. The van der Waals surface area contributed by atoms with Gasteiger partial charge < -0.3 is 10.2 Å². The van der Waals surface area contributed by atoms with Gasteiger partial charge in [0.15, 0.2) is 0 Å². The molecule has 1 aromatic rings. The van der Waals surface area contributed by atoms with Gasteiger partial charge in [0.1, 0.15) is 0 Å². The molecule has 7 heteroatoms. The average molecular weight is 394 g/mol. The predicted molar refractivity (Wildman–Crippen MR) is 110 cm³/mol. The van der Waals surface area contributed by atoms with Crippen LogP contribution >= 0.6 is 11.8 Å².